The van der Waals surface area contributed by atoms with Gasteiger partial charge in [0.2, 0.25) is 5.91 Å². The molecule has 2 N–H and O–H groups in total. The summed E-state index contributed by atoms with van der Waals surface area (Å²) in [6, 6.07) is 31.9. The van der Waals surface area contributed by atoms with E-state index < -0.39 is 0 Å². The van der Waals surface area contributed by atoms with E-state index in [0.717, 1.165) is 28.9 Å². The minimum atomic E-state index is -0.107. The Morgan fingerprint density at radius 3 is 2.40 bits per heavy atom. The second-order valence-corrected chi connectivity index (χ2v) is 7.08. The second kappa shape index (κ2) is 9.61. The molecule has 0 aromatic heterocycles. The van der Waals surface area contributed by atoms with Gasteiger partial charge in [0.1, 0.15) is 5.75 Å². The van der Waals surface area contributed by atoms with E-state index in [1.54, 1.807) is 0 Å². The molecule has 4 heteroatoms. The molecule has 0 aliphatic rings. The van der Waals surface area contributed by atoms with Crippen LogP contribution < -0.4 is 15.4 Å². The summed E-state index contributed by atoms with van der Waals surface area (Å²) in [6.07, 6.45) is 0.840. The summed E-state index contributed by atoms with van der Waals surface area (Å²) >= 11 is 0. The van der Waals surface area contributed by atoms with Crippen LogP contribution in [0.5, 0.6) is 5.75 Å². The summed E-state index contributed by atoms with van der Waals surface area (Å²) in [6.45, 7) is 0.780. The SMILES string of the molecule is O=C(CNc1ccc2ccccc2c1)Nc1cccc(OCCc2ccccc2)c1. The van der Waals surface area contributed by atoms with Crippen molar-refractivity contribution in [1.82, 2.24) is 0 Å². The van der Waals surface area contributed by atoms with Crippen LogP contribution >= 0.6 is 0 Å². The van der Waals surface area contributed by atoms with E-state index in [9.17, 15) is 4.79 Å². The van der Waals surface area contributed by atoms with Gasteiger partial charge in [-0.05, 0) is 40.6 Å². The van der Waals surface area contributed by atoms with Crippen LogP contribution in [0.15, 0.2) is 97.1 Å². The second-order valence-electron chi connectivity index (χ2n) is 7.08. The van der Waals surface area contributed by atoms with Crippen LogP contribution in [-0.4, -0.2) is 19.1 Å². The highest BCUT2D eigenvalue weighted by Crippen LogP contribution is 2.20. The number of amides is 1. The van der Waals surface area contributed by atoms with Crippen LogP contribution in [-0.2, 0) is 11.2 Å². The highest BCUT2D eigenvalue weighted by Gasteiger charge is 2.04. The predicted octanol–water partition coefficient (Wildman–Crippen LogP) is 5.51. The van der Waals surface area contributed by atoms with E-state index in [2.05, 4.69) is 34.9 Å². The van der Waals surface area contributed by atoms with Gasteiger partial charge in [-0.15, -0.1) is 0 Å². The number of fused-ring (bicyclic) bond motifs is 1. The maximum Gasteiger partial charge on any atom is 0.243 e. The maximum atomic E-state index is 12.3. The van der Waals surface area contributed by atoms with E-state index in [0.29, 0.717) is 6.61 Å². The summed E-state index contributed by atoms with van der Waals surface area (Å²) in [5.74, 6) is 0.635. The maximum absolute atomic E-state index is 12.3. The fourth-order valence-corrected chi connectivity index (χ4v) is 3.28. The van der Waals surface area contributed by atoms with Gasteiger partial charge in [-0.1, -0.05) is 66.7 Å². The first-order valence-corrected chi connectivity index (χ1v) is 10.1. The quantitative estimate of drug-likeness (QED) is 0.413. The summed E-state index contributed by atoms with van der Waals surface area (Å²) in [7, 11) is 0. The molecule has 0 aliphatic carbocycles. The largest absolute Gasteiger partial charge is 0.493 e. The molecule has 4 aromatic rings. The third-order valence-corrected chi connectivity index (χ3v) is 4.82. The van der Waals surface area contributed by atoms with E-state index in [1.807, 2.05) is 72.8 Å². The van der Waals surface area contributed by atoms with Gasteiger partial charge in [0.15, 0.2) is 0 Å². The standard InChI is InChI=1S/C26H24N2O2/c29-26(19-27-23-14-13-21-9-4-5-10-22(21)17-23)28-24-11-6-12-25(18-24)30-16-15-20-7-2-1-3-8-20/h1-14,17-18,27H,15-16,19H2,(H,28,29). The summed E-state index contributed by atoms with van der Waals surface area (Å²) in [4.78, 5) is 12.3. The summed E-state index contributed by atoms with van der Waals surface area (Å²) in [5.41, 5.74) is 2.88. The molecule has 0 heterocycles. The Morgan fingerprint density at radius 2 is 1.53 bits per heavy atom. The molecule has 0 radical (unpaired) electrons. The lowest BCUT2D eigenvalue weighted by Gasteiger charge is -2.11. The molecule has 1 amide bonds. The predicted molar refractivity (Wildman–Crippen MR) is 123 cm³/mol. The van der Waals surface area contributed by atoms with Gasteiger partial charge in [0.05, 0.1) is 13.2 Å². The molecular formula is C26H24N2O2. The zero-order valence-electron chi connectivity index (χ0n) is 16.7. The first-order chi connectivity index (χ1) is 14.8. The van der Waals surface area contributed by atoms with E-state index >= 15 is 0 Å². The molecule has 0 spiro atoms. The van der Waals surface area contributed by atoms with Crippen LogP contribution in [0, 0.1) is 0 Å². The Labute approximate surface area is 176 Å². The first kappa shape index (κ1) is 19.5. The van der Waals surface area contributed by atoms with E-state index in [4.69, 9.17) is 4.74 Å². The molecule has 0 fully saturated rings. The van der Waals surface area contributed by atoms with Crippen molar-refractivity contribution in [1.29, 1.82) is 0 Å². The van der Waals surface area contributed by atoms with E-state index in [1.165, 1.54) is 10.9 Å². The van der Waals surface area contributed by atoms with Crippen LogP contribution in [0.3, 0.4) is 0 Å². The topological polar surface area (TPSA) is 50.4 Å². The number of ether oxygens (including phenoxy) is 1. The number of carbonyl (C=O) groups excluding carboxylic acids is 1. The number of carbonyl (C=O) groups is 1. The van der Waals surface area contributed by atoms with Gasteiger partial charge in [0, 0.05) is 23.9 Å². The van der Waals surface area contributed by atoms with Crippen molar-refractivity contribution in [2.24, 2.45) is 0 Å². The van der Waals surface area contributed by atoms with Crippen LogP contribution in [0.25, 0.3) is 10.8 Å². The van der Waals surface area contributed by atoms with Crippen molar-refractivity contribution < 1.29 is 9.53 Å². The number of benzene rings is 4. The van der Waals surface area contributed by atoms with Gasteiger partial charge >= 0.3 is 0 Å². The number of hydrogen-bond donors (Lipinski definition) is 2. The average Bonchev–Trinajstić information content (AvgIpc) is 2.78. The zero-order chi connectivity index (χ0) is 20.6. The van der Waals surface area contributed by atoms with Gasteiger partial charge < -0.3 is 15.4 Å². The molecular weight excluding hydrogens is 372 g/mol. The highest BCUT2D eigenvalue weighted by molar-refractivity contribution is 5.94. The molecule has 0 saturated carbocycles. The van der Waals surface area contributed by atoms with Crippen LogP contribution in [0.4, 0.5) is 11.4 Å². The van der Waals surface area contributed by atoms with Gasteiger partial charge in [-0.3, -0.25) is 4.79 Å². The summed E-state index contributed by atoms with van der Waals surface area (Å²) in [5, 5.41) is 8.42. The number of anilines is 2. The Morgan fingerprint density at radius 1 is 0.733 bits per heavy atom. The number of hydrogen-bond acceptors (Lipinski definition) is 3. The smallest absolute Gasteiger partial charge is 0.243 e. The molecule has 0 unspecified atom stereocenters. The third-order valence-electron chi connectivity index (χ3n) is 4.82. The Balaban J connectivity index is 1.28. The molecule has 4 rings (SSSR count). The van der Waals surface area contributed by atoms with Crippen molar-refractivity contribution >= 4 is 28.1 Å². The lowest BCUT2D eigenvalue weighted by molar-refractivity contribution is -0.114. The Hall–Kier alpha value is -3.79. The van der Waals surface area contributed by atoms with Gasteiger partial charge in [-0.25, -0.2) is 0 Å². The third kappa shape index (κ3) is 5.39. The van der Waals surface area contributed by atoms with Crippen molar-refractivity contribution in [2.45, 2.75) is 6.42 Å². The fraction of sp³-hybridized carbons (Fsp3) is 0.115. The lowest BCUT2D eigenvalue weighted by Crippen LogP contribution is -2.21. The van der Waals surface area contributed by atoms with Crippen molar-refractivity contribution in [3.8, 4) is 5.75 Å². The van der Waals surface area contributed by atoms with Gasteiger partial charge in [0.25, 0.3) is 0 Å². The van der Waals surface area contributed by atoms with Crippen LogP contribution in [0.2, 0.25) is 0 Å². The number of rotatable bonds is 8. The van der Waals surface area contributed by atoms with Crippen molar-refractivity contribution in [3.05, 3.63) is 103 Å². The minimum Gasteiger partial charge on any atom is -0.493 e. The molecule has 0 saturated heterocycles. The minimum absolute atomic E-state index is 0.107. The monoisotopic (exact) mass is 396 g/mol. The average molecular weight is 396 g/mol. The van der Waals surface area contributed by atoms with E-state index in [-0.39, 0.29) is 12.5 Å². The molecule has 30 heavy (non-hydrogen) atoms. The Kier molecular flexibility index (Phi) is 6.25. The first-order valence-electron chi connectivity index (χ1n) is 10.1. The molecule has 0 bridgehead atoms. The zero-order valence-corrected chi connectivity index (χ0v) is 16.7. The highest BCUT2D eigenvalue weighted by atomic mass is 16.5. The molecule has 4 nitrogen and oxygen atoms in total. The summed E-state index contributed by atoms with van der Waals surface area (Å²) < 4.78 is 5.84. The fourth-order valence-electron chi connectivity index (χ4n) is 3.28. The number of nitrogens with one attached hydrogen (secondary N) is 2. The van der Waals surface area contributed by atoms with Crippen LogP contribution in [0.1, 0.15) is 5.56 Å². The van der Waals surface area contributed by atoms with Gasteiger partial charge in [-0.2, -0.15) is 0 Å². The molecule has 0 atom stereocenters. The normalized spacial score (nSPS) is 10.5. The Bertz CT molecular complexity index is 1130. The lowest BCUT2D eigenvalue weighted by atomic mass is 10.1. The van der Waals surface area contributed by atoms with Crippen molar-refractivity contribution in [3.63, 3.8) is 0 Å². The molecule has 150 valence electrons. The molecule has 4 aromatic carbocycles. The molecule has 0 aliphatic heterocycles. The van der Waals surface area contributed by atoms with Crippen molar-refractivity contribution in [2.75, 3.05) is 23.8 Å².